The fourth-order valence-electron chi connectivity index (χ4n) is 4.83. The second kappa shape index (κ2) is 9.14. The van der Waals surface area contributed by atoms with Gasteiger partial charge >= 0.3 is 5.56 Å². The lowest BCUT2D eigenvalue weighted by atomic mass is 10.0. The average Bonchev–Trinajstić information content (AvgIpc) is 3.63. The molecule has 0 N–H and O–H groups in total. The van der Waals surface area contributed by atoms with Crippen LogP contribution in [0.4, 0.5) is 0 Å². The summed E-state index contributed by atoms with van der Waals surface area (Å²) in [5.74, 6) is 0.891. The average molecular weight is 532 g/mol. The van der Waals surface area contributed by atoms with Crippen LogP contribution >= 0.6 is 11.3 Å². The van der Waals surface area contributed by atoms with Crippen LogP contribution in [0.3, 0.4) is 0 Å². The molecule has 6 aromatic rings. The second-order valence-corrected chi connectivity index (χ2v) is 10.4. The van der Waals surface area contributed by atoms with E-state index >= 15 is 0 Å². The molecular formula is C30H21N5O3S. The van der Waals surface area contributed by atoms with Gasteiger partial charge in [0.2, 0.25) is 4.96 Å². The fourth-order valence-corrected chi connectivity index (χ4v) is 5.72. The first kappa shape index (κ1) is 23.2. The van der Waals surface area contributed by atoms with E-state index in [2.05, 4.69) is 23.1 Å². The molecule has 0 saturated carbocycles. The van der Waals surface area contributed by atoms with E-state index in [1.54, 1.807) is 22.9 Å². The zero-order valence-corrected chi connectivity index (χ0v) is 21.6. The van der Waals surface area contributed by atoms with Crippen molar-refractivity contribution < 1.29 is 4.74 Å². The number of hydrogen-bond donors (Lipinski definition) is 0. The van der Waals surface area contributed by atoms with Crippen molar-refractivity contribution in [2.24, 2.45) is 0 Å². The van der Waals surface area contributed by atoms with Gasteiger partial charge in [0.25, 0.3) is 5.56 Å². The first-order valence-electron chi connectivity index (χ1n) is 12.5. The Bertz CT molecular complexity index is 2030. The zero-order chi connectivity index (χ0) is 26.5. The molecule has 1 aliphatic rings. The van der Waals surface area contributed by atoms with E-state index in [9.17, 15) is 9.59 Å². The molecule has 0 spiro atoms. The molecule has 0 radical (unpaired) electrons. The van der Waals surface area contributed by atoms with Gasteiger partial charge < -0.3 is 4.74 Å². The summed E-state index contributed by atoms with van der Waals surface area (Å²) in [4.78, 5) is 30.6. The molecule has 3 aromatic heterocycles. The Kier molecular flexibility index (Phi) is 5.45. The maximum absolute atomic E-state index is 13.4. The van der Waals surface area contributed by atoms with Crippen molar-refractivity contribution in [3.63, 3.8) is 0 Å². The van der Waals surface area contributed by atoms with Crippen LogP contribution in [-0.2, 0) is 6.42 Å². The predicted octanol–water partition coefficient (Wildman–Crippen LogP) is 3.90. The minimum Gasteiger partial charge on any atom is -0.490 e. The van der Waals surface area contributed by atoms with Gasteiger partial charge in [0, 0.05) is 29.3 Å². The highest BCUT2D eigenvalue weighted by Crippen LogP contribution is 2.34. The van der Waals surface area contributed by atoms with Crippen LogP contribution in [0.15, 0.2) is 94.6 Å². The van der Waals surface area contributed by atoms with E-state index in [-0.39, 0.29) is 22.3 Å². The monoisotopic (exact) mass is 531 g/mol. The largest absolute Gasteiger partial charge is 0.490 e. The van der Waals surface area contributed by atoms with Crippen molar-refractivity contribution in [3.05, 3.63) is 121 Å². The van der Waals surface area contributed by atoms with Crippen molar-refractivity contribution >= 4 is 22.4 Å². The maximum Gasteiger partial charge on any atom is 0.300 e. The molecule has 0 saturated heterocycles. The number of ether oxygens (including phenoxy) is 1. The highest BCUT2D eigenvalue weighted by atomic mass is 32.1. The summed E-state index contributed by atoms with van der Waals surface area (Å²) in [5.41, 5.74) is 4.40. The van der Waals surface area contributed by atoms with Crippen molar-refractivity contribution in [2.75, 3.05) is 0 Å². The number of rotatable bonds is 4. The molecule has 0 aliphatic carbocycles. The van der Waals surface area contributed by atoms with Gasteiger partial charge in [-0.3, -0.25) is 9.59 Å². The molecule has 9 heteroatoms. The summed E-state index contributed by atoms with van der Waals surface area (Å²) in [6.45, 7) is 2.05. The number of fused-ring (bicyclic) bond motifs is 2. The molecule has 7 rings (SSSR count). The lowest BCUT2D eigenvalue weighted by Crippen LogP contribution is -2.26. The highest BCUT2D eigenvalue weighted by molar-refractivity contribution is 7.15. The third-order valence-corrected chi connectivity index (χ3v) is 7.61. The van der Waals surface area contributed by atoms with Gasteiger partial charge in [0.15, 0.2) is 5.69 Å². The molecule has 0 amide bonds. The topological polar surface area (TPSA) is 91.4 Å². The molecule has 1 atom stereocenters. The maximum atomic E-state index is 13.4. The SMILES string of the molecule is C[C@@H]1Cc2cc(-c3nn(-c4ccccc4)cc3/C=c3\sc4nc(=O)c(-c5ccccc5)nn4c3=O)ccc2O1. The third kappa shape index (κ3) is 4.13. The number of hydrogen-bond acceptors (Lipinski definition) is 7. The molecule has 3 aromatic carbocycles. The number of thiazole rings is 1. The quantitative estimate of drug-likeness (QED) is 0.343. The first-order chi connectivity index (χ1) is 19.0. The second-order valence-electron chi connectivity index (χ2n) is 9.41. The van der Waals surface area contributed by atoms with Crippen molar-refractivity contribution in [2.45, 2.75) is 19.4 Å². The minimum absolute atomic E-state index is 0.133. The van der Waals surface area contributed by atoms with Gasteiger partial charge in [-0.15, -0.1) is 0 Å². The first-order valence-corrected chi connectivity index (χ1v) is 13.3. The van der Waals surface area contributed by atoms with Gasteiger partial charge in [-0.1, -0.05) is 59.9 Å². The number of benzene rings is 3. The predicted molar refractivity (Wildman–Crippen MR) is 150 cm³/mol. The van der Waals surface area contributed by atoms with Gasteiger partial charge in [0.05, 0.1) is 10.2 Å². The van der Waals surface area contributed by atoms with Crippen molar-refractivity contribution in [3.8, 4) is 34.0 Å². The van der Waals surface area contributed by atoms with Gasteiger partial charge in [-0.25, -0.2) is 4.68 Å². The van der Waals surface area contributed by atoms with Crippen LogP contribution in [0.1, 0.15) is 18.1 Å². The van der Waals surface area contributed by atoms with E-state index in [1.807, 2.05) is 66.9 Å². The Hall–Kier alpha value is -4.89. The minimum atomic E-state index is -0.471. The molecule has 190 valence electrons. The van der Waals surface area contributed by atoms with E-state index < -0.39 is 5.56 Å². The van der Waals surface area contributed by atoms with Crippen LogP contribution in [0.25, 0.3) is 39.2 Å². The Morgan fingerprint density at radius 3 is 2.49 bits per heavy atom. The number of nitrogens with zero attached hydrogens (tertiary/aromatic N) is 5. The molecule has 39 heavy (non-hydrogen) atoms. The summed E-state index contributed by atoms with van der Waals surface area (Å²) in [7, 11) is 0. The van der Waals surface area contributed by atoms with E-state index in [0.717, 1.165) is 51.6 Å². The van der Waals surface area contributed by atoms with E-state index in [4.69, 9.17) is 9.84 Å². The Balaban J connectivity index is 1.41. The standard InChI is InChI=1S/C30H21N5O3S/c1-18-14-21-15-20(12-13-24(21)38-18)26-22(17-34(32-26)23-10-6-3-7-11-23)16-25-29(37)35-30(39-25)31-28(36)27(33-35)19-8-4-2-5-9-19/h2-13,15-18H,14H2,1H3/b25-16-/t18-/m1/s1. The summed E-state index contributed by atoms with van der Waals surface area (Å²) in [6, 6.07) is 24.9. The molecule has 0 unspecified atom stereocenters. The van der Waals surface area contributed by atoms with Crippen molar-refractivity contribution in [1.29, 1.82) is 0 Å². The van der Waals surface area contributed by atoms with Gasteiger partial charge in [-0.05, 0) is 48.9 Å². The van der Waals surface area contributed by atoms with Crippen LogP contribution in [-0.4, -0.2) is 30.5 Å². The normalized spacial score (nSPS) is 15.0. The van der Waals surface area contributed by atoms with Crippen LogP contribution in [0.5, 0.6) is 5.75 Å². The molecule has 0 bridgehead atoms. The van der Waals surface area contributed by atoms with E-state index in [1.165, 1.54) is 4.52 Å². The van der Waals surface area contributed by atoms with Gasteiger partial charge in [0.1, 0.15) is 17.5 Å². The lowest BCUT2D eigenvalue weighted by molar-refractivity contribution is 0.254. The summed E-state index contributed by atoms with van der Waals surface area (Å²) in [5, 5.41) is 9.27. The third-order valence-electron chi connectivity index (χ3n) is 6.65. The van der Waals surface area contributed by atoms with E-state index in [0.29, 0.717) is 10.1 Å². The highest BCUT2D eigenvalue weighted by Gasteiger charge is 2.21. The molecule has 4 heterocycles. The molecule has 1 aliphatic heterocycles. The molecule has 8 nitrogen and oxygen atoms in total. The van der Waals surface area contributed by atoms with Crippen molar-refractivity contribution in [1.82, 2.24) is 24.4 Å². The lowest BCUT2D eigenvalue weighted by Gasteiger charge is -2.04. The molecular weight excluding hydrogens is 510 g/mol. The summed E-state index contributed by atoms with van der Waals surface area (Å²) in [6.07, 6.45) is 4.66. The Morgan fingerprint density at radius 1 is 0.923 bits per heavy atom. The van der Waals surface area contributed by atoms with Crippen LogP contribution in [0.2, 0.25) is 0 Å². The Labute approximate surface area is 226 Å². The van der Waals surface area contributed by atoms with Crippen LogP contribution < -0.4 is 20.4 Å². The Morgan fingerprint density at radius 2 is 1.69 bits per heavy atom. The molecule has 0 fully saturated rings. The number of aromatic nitrogens is 5. The van der Waals surface area contributed by atoms with Crippen LogP contribution in [0, 0.1) is 0 Å². The smallest absolute Gasteiger partial charge is 0.300 e. The number of para-hydroxylation sites is 1. The summed E-state index contributed by atoms with van der Waals surface area (Å²) >= 11 is 1.13. The summed E-state index contributed by atoms with van der Waals surface area (Å²) < 4.78 is 9.30. The van der Waals surface area contributed by atoms with Gasteiger partial charge in [-0.2, -0.15) is 19.7 Å². The zero-order valence-electron chi connectivity index (χ0n) is 20.8. The fraction of sp³-hybridized carbons (Fsp3) is 0.100.